The third-order valence-corrected chi connectivity index (χ3v) is 2.88. The van der Waals surface area contributed by atoms with Gasteiger partial charge in [-0.05, 0) is 12.8 Å². The molecule has 0 N–H and O–H groups in total. The summed E-state index contributed by atoms with van der Waals surface area (Å²) in [5, 5.41) is 0. The van der Waals surface area contributed by atoms with Gasteiger partial charge in [-0.25, -0.2) is 4.79 Å². The zero-order valence-electron chi connectivity index (χ0n) is 8.62. The highest BCUT2D eigenvalue weighted by Gasteiger charge is 2.45. The molecule has 76 valence electrons. The molecule has 1 heterocycles. The van der Waals surface area contributed by atoms with E-state index in [0.29, 0.717) is 12.6 Å². The molecule has 0 spiro atoms. The van der Waals surface area contributed by atoms with Gasteiger partial charge >= 0.3 is 6.09 Å². The summed E-state index contributed by atoms with van der Waals surface area (Å²) in [5.74, 6) is 2.53. The molecule has 0 aromatic carbocycles. The lowest BCUT2D eigenvalue weighted by atomic mass is 9.85. The van der Waals surface area contributed by atoms with Crippen LogP contribution in [0.4, 0.5) is 4.79 Å². The smallest absolute Gasteiger partial charge is 0.411 e. The highest BCUT2D eigenvalue weighted by Crippen LogP contribution is 2.36. The number of hydrogen-bond donors (Lipinski definition) is 0. The van der Waals surface area contributed by atoms with Crippen molar-refractivity contribution < 1.29 is 9.53 Å². The van der Waals surface area contributed by atoms with E-state index in [1.54, 1.807) is 0 Å². The van der Waals surface area contributed by atoms with E-state index in [0.717, 1.165) is 12.8 Å². The molecular formula is C11H15NO2. The molecule has 1 saturated carbocycles. The number of rotatable bonds is 1. The molecule has 3 nitrogen and oxygen atoms in total. The summed E-state index contributed by atoms with van der Waals surface area (Å²) in [6.45, 7) is 4.80. The highest BCUT2D eigenvalue weighted by atomic mass is 16.6. The van der Waals surface area contributed by atoms with Gasteiger partial charge in [0.25, 0.3) is 0 Å². The Labute approximate surface area is 84.4 Å². The van der Waals surface area contributed by atoms with Gasteiger partial charge < -0.3 is 9.64 Å². The number of ether oxygens (including phenoxy) is 1. The molecule has 0 unspecified atom stereocenters. The van der Waals surface area contributed by atoms with Crippen LogP contribution in [0.5, 0.6) is 0 Å². The first-order chi connectivity index (χ1) is 6.54. The van der Waals surface area contributed by atoms with Crippen LogP contribution >= 0.6 is 0 Å². The van der Waals surface area contributed by atoms with Crippen LogP contribution in [-0.2, 0) is 4.74 Å². The van der Waals surface area contributed by atoms with Gasteiger partial charge in [-0.3, -0.25) is 0 Å². The molecule has 1 aliphatic heterocycles. The molecule has 14 heavy (non-hydrogen) atoms. The summed E-state index contributed by atoms with van der Waals surface area (Å²) in [6, 6.07) is 0.403. The van der Waals surface area contributed by atoms with Gasteiger partial charge in [-0.2, -0.15) is 0 Å². The predicted molar refractivity (Wildman–Crippen MR) is 52.6 cm³/mol. The molecule has 0 radical (unpaired) electrons. The SMILES string of the molecule is C#C[C@H]1OC(=O)N(C2CC2)CC1(C)C. The van der Waals surface area contributed by atoms with Crippen LogP contribution in [0.15, 0.2) is 0 Å². The molecule has 3 heteroatoms. The van der Waals surface area contributed by atoms with Crippen LogP contribution in [0, 0.1) is 17.8 Å². The van der Waals surface area contributed by atoms with Crippen molar-refractivity contribution in [3.63, 3.8) is 0 Å². The molecule has 0 aromatic rings. The lowest BCUT2D eigenvalue weighted by molar-refractivity contribution is -0.0252. The Morgan fingerprint density at radius 3 is 2.71 bits per heavy atom. The van der Waals surface area contributed by atoms with Crippen LogP contribution < -0.4 is 0 Å². The number of amides is 1. The van der Waals surface area contributed by atoms with Crippen LogP contribution in [0.3, 0.4) is 0 Å². The van der Waals surface area contributed by atoms with E-state index in [1.807, 2.05) is 18.7 Å². The minimum absolute atomic E-state index is 0.134. The number of cyclic esters (lactones) is 1. The Morgan fingerprint density at radius 1 is 1.57 bits per heavy atom. The fourth-order valence-corrected chi connectivity index (χ4v) is 1.84. The molecule has 2 rings (SSSR count). The summed E-state index contributed by atoms with van der Waals surface area (Å²) in [4.78, 5) is 13.4. The number of hydrogen-bond acceptors (Lipinski definition) is 2. The summed E-state index contributed by atoms with van der Waals surface area (Å²) in [6.07, 6.45) is 6.91. The highest BCUT2D eigenvalue weighted by molar-refractivity contribution is 5.70. The van der Waals surface area contributed by atoms with Gasteiger partial charge in [0.05, 0.1) is 0 Å². The van der Waals surface area contributed by atoms with Crippen LogP contribution in [0.2, 0.25) is 0 Å². The maximum atomic E-state index is 11.5. The fourth-order valence-electron chi connectivity index (χ4n) is 1.84. The largest absolute Gasteiger partial charge is 0.432 e. The number of carbonyl (C=O) groups excluding carboxylic acids is 1. The average molecular weight is 193 g/mol. The van der Waals surface area contributed by atoms with Gasteiger partial charge in [-0.1, -0.05) is 19.8 Å². The van der Waals surface area contributed by atoms with Crippen LogP contribution in [0.25, 0.3) is 0 Å². The topological polar surface area (TPSA) is 29.5 Å². The summed E-state index contributed by atoms with van der Waals surface area (Å²) in [5.41, 5.74) is -0.134. The maximum absolute atomic E-state index is 11.5. The van der Waals surface area contributed by atoms with Gasteiger partial charge in [0.15, 0.2) is 6.10 Å². The first-order valence-electron chi connectivity index (χ1n) is 4.98. The zero-order valence-corrected chi connectivity index (χ0v) is 8.62. The van der Waals surface area contributed by atoms with Gasteiger partial charge in [0, 0.05) is 18.0 Å². The van der Waals surface area contributed by atoms with Crippen molar-refractivity contribution in [3.8, 4) is 12.3 Å². The van der Waals surface area contributed by atoms with Crippen molar-refractivity contribution in [2.24, 2.45) is 5.41 Å². The van der Waals surface area contributed by atoms with E-state index < -0.39 is 0 Å². The molecular weight excluding hydrogens is 178 g/mol. The van der Waals surface area contributed by atoms with Crippen molar-refractivity contribution in [2.75, 3.05) is 6.54 Å². The first-order valence-corrected chi connectivity index (χ1v) is 4.98. The second kappa shape index (κ2) is 2.91. The zero-order chi connectivity index (χ0) is 10.3. The second-order valence-corrected chi connectivity index (χ2v) is 4.78. The summed E-state index contributed by atoms with van der Waals surface area (Å²) in [7, 11) is 0. The normalized spacial score (nSPS) is 30.8. The van der Waals surface area contributed by atoms with E-state index in [2.05, 4.69) is 5.92 Å². The Hall–Kier alpha value is -1.17. The third-order valence-electron chi connectivity index (χ3n) is 2.88. The molecule has 1 saturated heterocycles. The standard InChI is InChI=1S/C11H15NO2/c1-4-9-11(2,3)7-12(8-5-6-8)10(13)14-9/h1,8-9H,5-7H2,2-3H3/t9-/m1/s1. The molecule has 2 aliphatic rings. The monoisotopic (exact) mass is 193 g/mol. The Kier molecular flexibility index (Phi) is 1.95. The number of nitrogens with zero attached hydrogens (tertiary/aromatic N) is 1. The van der Waals surface area contributed by atoms with Crippen LogP contribution in [-0.4, -0.2) is 29.7 Å². The lowest BCUT2D eigenvalue weighted by Gasteiger charge is -2.41. The van der Waals surface area contributed by atoms with Gasteiger partial charge in [0.1, 0.15) is 0 Å². The lowest BCUT2D eigenvalue weighted by Crippen LogP contribution is -2.53. The third kappa shape index (κ3) is 1.45. The minimum atomic E-state index is -0.384. The number of carbonyl (C=O) groups is 1. The average Bonchev–Trinajstić information content (AvgIpc) is 2.91. The van der Waals surface area contributed by atoms with Crippen molar-refractivity contribution in [1.82, 2.24) is 4.90 Å². The van der Waals surface area contributed by atoms with E-state index in [4.69, 9.17) is 11.2 Å². The molecule has 2 fully saturated rings. The molecule has 1 aliphatic carbocycles. The molecule has 0 aromatic heterocycles. The van der Waals surface area contributed by atoms with E-state index >= 15 is 0 Å². The molecule has 0 bridgehead atoms. The van der Waals surface area contributed by atoms with Crippen molar-refractivity contribution in [2.45, 2.75) is 38.8 Å². The Balaban J connectivity index is 2.14. The van der Waals surface area contributed by atoms with Gasteiger partial charge in [0.2, 0.25) is 0 Å². The van der Waals surface area contributed by atoms with E-state index in [9.17, 15) is 4.79 Å². The Morgan fingerprint density at radius 2 is 2.21 bits per heavy atom. The molecule has 1 atom stereocenters. The van der Waals surface area contributed by atoms with Gasteiger partial charge in [-0.15, -0.1) is 6.42 Å². The fraction of sp³-hybridized carbons (Fsp3) is 0.727. The number of terminal acetylenes is 1. The Bertz CT molecular complexity index is 299. The summed E-state index contributed by atoms with van der Waals surface area (Å²) < 4.78 is 5.22. The quantitative estimate of drug-likeness (QED) is 0.592. The van der Waals surface area contributed by atoms with Crippen LogP contribution in [0.1, 0.15) is 26.7 Å². The molecule has 1 amide bonds. The van der Waals surface area contributed by atoms with E-state index in [-0.39, 0.29) is 17.6 Å². The van der Waals surface area contributed by atoms with E-state index in [1.165, 1.54) is 0 Å². The first kappa shape index (κ1) is 9.39. The van der Waals surface area contributed by atoms with Crippen molar-refractivity contribution in [3.05, 3.63) is 0 Å². The maximum Gasteiger partial charge on any atom is 0.411 e. The van der Waals surface area contributed by atoms with Crippen molar-refractivity contribution >= 4 is 6.09 Å². The second-order valence-electron chi connectivity index (χ2n) is 4.78. The minimum Gasteiger partial charge on any atom is -0.432 e. The van der Waals surface area contributed by atoms with Crippen molar-refractivity contribution in [1.29, 1.82) is 0 Å². The summed E-state index contributed by atoms with van der Waals surface area (Å²) >= 11 is 0. The predicted octanol–water partition coefficient (Wildman–Crippen LogP) is 1.63.